The van der Waals surface area contributed by atoms with Crippen molar-refractivity contribution in [2.24, 2.45) is 7.05 Å². The average Bonchev–Trinajstić information content (AvgIpc) is 3.15. The second kappa shape index (κ2) is 8.08. The Balaban J connectivity index is 1.51. The van der Waals surface area contributed by atoms with Crippen molar-refractivity contribution >= 4 is 5.69 Å². The number of nitrogens with zero attached hydrogens (tertiary/aromatic N) is 5. The predicted molar refractivity (Wildman–Crippen MR) is 105 cm³/mol. The highest BCUT2D eigenvalue weighted by Gasteiger charge is 2.26. The predicted octanol–water partition coefficient (Wildman–Crippen LogP) is 2.36. The Labute approximate surface area is 163 Å². The minimum Gasteiger partial charge on any atom is -0.380 e. The van der Waals surface area contributed by atoms with Crippen LogP contribution < -0.4 is 4.90 Å². The standard InChI is InChI=1S/C21H24FN5O/c1-25-10-9-24-21(25)20(28)17-3-2-4-18(22)19(17)27-13-11-26(12-14-27)15-16-5-7-23-8-6-16/h2-10,20,28H,11-15H2,1H3. The summed E-state index contributed by atoms with van der Waals surface area (Å²) in [6, 6.07) is 8.91. The van der Waals surface area contributed by atoms with Gasteiger partial charge in [-0.05, 0) is 23.8 Å². The Morgan fingerprint density at radius 2 is 1.82 bits per heavy atom. The number of aryl methyl sites for hydroxylation is 1. The van der Waals surface area contributed by atoms with E-state index < -0.39 is 6.10 Å². The quantitative estimate of drug-likeness (QED) is 0.735. The Bertz CT molecular complexity index is 922. The van der Waals surface area contributed by atoms with E-state index in [-0.39, 0.29) is 5.82 Å². The molecular formula is C21H24FN5O. The van der Waals surface area contributed by atoms with Crippen LogP contribution in [0.1, 0.15) is 23.1 Å². The molecule has 6 nitrogen and oxygen atoms in total. The van der Waals surface area contributed by atoms with Gasteiger partial charge in [0.05, 0.1) is 5.69 Å². The van der Waals surface area contributed by atoms with Crippen molar-refractivity contribution in [1.29, 1.82) is 0 Å². The van der Waals surface area contributed by atoms with Crippen molar-refractivity contribution < 1.29 is 9.50 Å². The van der Waals surface area contributed by atoms with Crippen LogP contribution in [-0.2, 0) is 13.6 Å². The van der Waals surface area contributed by atoms with E-state index in [0.29, 0.717) is 30.2 Å². The fourth-order valence-corrected chi connectivity index (χ4v) is 3.74. The summed E-state index contributed by atoms with van der Waals surface area (Å²) >= 11 is 0. The normalized spacial score (nSPS) is 16.3. The van der Waals surface area contributed by atoms with Crippen molar-refractivity contribution in [3.63, 3.8) is 0 Å². The van der Waals surface area contributed by atoms with Gasteiger partial charge in [0.1, 0.15) is 17.7 Å². The van der Waals surface area contributed by atoms with Crippen molar-refractivity contribution in [2.45, 2.75) is 12.6 Å². The number of benzene rings is 1. The van der Waals surface area contributed by atoms with Crippen LogP contribution in [0, 0.1) is 5.82 Å². The second-order valence-corrected chi connectivity index (χ2v) is 7.10. The molecule has 1 aliphatic rings. The molecule has 3 heterocycles. The molecule has 7 heteroatoms. The number of hydrogen-bond donors (Lipinski definition) is 1. The number of hydrogen-bond acceptors (Lipinski definition) is 5. The Morgan fingerprint density at radius 1 is 1.07 bits per heavy atom. The van der Waals surface area contributed by atoms with Crippen molar-refractivity contribution in [3.05, 3.63) is 77.9 Å². The van der Waals surface area contributed by atoms with E-state index in [2.05, 4.69) is 14.9 Å². The van der Waals surface area contributed by atoms with Gasteiger partial charge in [-0.2, -0.15) is 0 Å². The fraction of sp³-hybridized carbons (Fsp3) is 0.333. The maximum atomic E-state index is 14.8. The SMILES string of the molecule is Cn1ccnc1C(O)c1cccc(F)c1N1CCN(Cc2ccncc2)CC1. The first-order chi connectivity index (χ1) is 13.6. The number of rotatable bonds is 5. The molecule has 28 heavy (non-hydrogen) atoms. The summed E-state index contributed by atoms with van der Waals surface area (Å²) in [5.74, 6) is 0.191. The van der Waals surface area contributed by atoms with Gasteiger partial charge in [-0.25, -0.2) is 9.37 Å². The smallest absolute Gasteiger partial charge is 0.146 e. The first kappa shape index (κ1) is 18.6. The van der Waals surface area contributed by atoms with E-state index in [1.54, 1.807) is 41.5 Å². The number of para-hydroxylation sites is 1. The van der Waals surface area contributed by atoms with E-state index in [9.17, 15) is 9.50 Å². The van der Waals surface area contributed by atoms with Gasteiger partial charge in [0.15, 0.2) is 0 Å². The molecule has 0 aliphatic carbocycles. The fourth-order valence-electron chi connectivity index (χ4n) is 3.74. The lowest BCUT2D eigenvalue weighted by molar-refractivity contribution is 0.205. The van der Waals surface area contributed by atoms with Gasteiger partial charge in [0, 0.05) is 70.1 Å². The van der Waals surface area contributed by atoms with Crippen molar-refractivity contribution in [1.82, 2.24) is 19.4 Å². The summed E-state index contributed by atoms with van der Waals surface area (Å²) in [5, 5.41) is 10.9. The van der Waals surface area contributed by atoms with Crippen LogP contribution in [0.3, 0.4) is 0 Å². The molecule has 4 rings (SSSR count). The number of anilines is 1. The summed E-state index contributed by atoms with van der Waals surface area (Å²) in [4.78, 5) is 12.7. The molecule has 1 atom stereocenters. The van der Waals surface area contributed by atoms with Gasteiger partial charge in [0.25, 0.3) is 0 Å². The van der Waals surface area contributed by atoms with E-state index in [1.165, 1.54) is 11.6 Å². The summed E-state index contributed by atoms with van der Waals surface area (Å²) in [5.41, 5.74) is 2.25. The molecule has 146 valence electrons. The maximum absolute atomic E-state index is 14.8. The van der Waals surface area contributed by atoms with Crippen LogP contribution in [-0.4, -0.2) is 50.7 Å². The number of aliphatic hydroxyl groups excluding tert-OH is 1. The van der Waals surface area contributed by atoms with Gasteiger partial charge in [-0.1, -0.05) is 12.1 Å². The number of pyridine rings is 1. The monoisotopic (exact) mass is 381 g/mol. The lowest BCUT2D eigenvalue weighted by Gasteiger charge is -2.37. The van der Waals surface area contributed by atoms with E-state index in [0.717, 1.165) is 19.6 Å². The molecule has 1 aliphatic heterocycles. The molecule has 0 radical (unpaired) electrons. The zero-order chi connectivity index (χ0) is 19.5. The van der Waals surface area contributed by atoms with Crippen LogP contribution in [0.2, 0.25) is 0 Å². The van der Waals surface area contributed by atoms with E-state index in [4.69, 9.17) is 0 Å². The Kier molecular flexibility index (Phi) is 5.36. The molecule has 0 saturated carbocycles. The summed E-state index contributed by atoms with van der Waals surface area (Å²) in [6.07, 6.45) is 6.04. The summed E-state index contributed by atoms with van der Waals surface area (Å²) in [6.45, 7) is 3.91. The molecule has 3 aromatic rings. The average molecular weight is 381 g/mol. The summed E-state index contributed by atoms with van der Waals surface area (Å²) in [7, 11) is 1.82. The number of aliphatic hydroxyl groups is 1. The van der Waals surface area contributed by atoms with Gasteiger partial charge >= 0.3 is 0 Å². The molecule has 0 spiro atoms. The molecule has 1 N–H and O–H groups in total. The van der Waals surface area contributed by atoms with Crippen LogP contribution >= 0.6 is 0 Å². The highest BCUT2D eigenvalue weighted by atomic mass is 19.1. The van der Waals surface area contributed by atoms with Crippen LogP contribution in [0.5, 0.6) is 0 Å². The second-order valence-electron chi connectivity index (χ2n) is 7.10. The lowest BCUT2D eigenvalue weighted by atomic mass is 10.0. The Hall–Kier alpha value is -2.77. The van der Waals surface area contributed by atoms with Crippen molar-refractivity contribution in [3.8, 4) is 0 Å². The first-order valence-electron chi connectivity index (χ1n) is 9.43. The van der Waals surface area contributed by atoms with Crippen molar-refractivity contribution in [2.75, 3.05) is 31.1 Å². The van der Waals surface area contributed by atoms with Gasteiger partial charge in [0.2, 0.25) is 0 Å². The van der Waals surface area contributed by atoms with Gasteiger partial charge in [-0.3, -0.25) is 9.88 Å². The highest BCUT2D eigenvalue weighted by molar-refractivity contribution is 5.57. The largest absolute Gasteiger partial charge is 0.380 e. The van der Waals surface area contributed by atoms with Crippen LogP contribution in [0.15, 0.2) is 55.1 Å². The minimum atomic E-state index is -0.972. The van der Waals surface area contributed by atoms with Gasteiger partial charge in [-0.15, -0.1) is 0 Å². The molecule has 1 saturated heterocycles. The first-order valence-corrected chi connectivity index (χ1v) is 9.43. The maximum Gasteiger partial charge on any atom is 0.146 e. The highest BCUT2D eigenvalue weighted by Crippen LogP contribution is 2.33. The zero-order valence-electron chi connectivity index (χ0n) is 15.9. The topological polar surface area (TPSA) is 57.4 Å². The Morgan fingerprint density at radius 3 is 2.50 bits per heavy atom. The van der Waals surface area contributed by atoms with Gasteiger partial charge < -0.3 is 14.6 Å². The summed E-state index contributed by atoms with van der Waals surface area (Å²) < 4.78 is 16.5. The number of piperazine rings is 1. The molecule has 0 amide bonds. The van der Waals surface area contributed by atoms with E-state index >= 15 is 0 Å². The number of aromatic nitrogens is 3. The molecule has 1 aromatic carbocycles. The third kappa shape index (κ3) is 3.76. The molecular weight excluding hydrogens is 357 g/mol. The minimum absolute atomic E-state index is 0.312. The molecule has 0 bridgehead atoms. The number of halogens is 1. The zero-order valence-corrected chi connectivity index (χ0v) is 15.9. The molecule has 1 unspecified atom stereocenters. The third-order valence-electron chi connectivity index (χ3n) is 5.26. The van der Waals surface area contributed by atoms with E-state index in [1.807, 2.05) is 24.1 Å². The molecule has 2 aromatic heterocycles. The van der Waals surface area contributed by atoms with Crippen LogP contribution in [0.4, 0.5) is 10.1 Å². The third-order valence-corrected chi connectivity index (χ3v) is 5.26. The lowest BCUT2D eigenvalue weighted by Crippen LogP contribution is -2.46. The number of imidazole rings is 1. The van der Waals surface area contributed by atoms with Crippen LogP contribution in [0.25, 0.3) is 0 Å². The molecule has 1 fully saturated rings.